The second kappa shape index (κ2) is 8.31. The summed E-state index contributed by atoms with van der Waals surface area (Å²) >= 11 is 0. The number of aliphatic hydroxyl groups excluding tert-OH is 1. The molecule has 4 saturated carbocycles. The summed E-state index contributed by atoms with van der Waals surface area (Å²) in [5.74, 6) is 3.72. The number of rotatable bonds is 3. The maximum atomic E-state index is 12.1. The van der Waals surface area contributed by atoms with E-state index >= 15 is 0 Å². The van der Waals surface area contributed by atoms with Crippen molar-refractivity contribution in [3.8, 4) is 0 Å². The van der Waals surface area contributed by atoms with Gasteiger partial charge in [0.1, 0.15) is 0 Å². The molecule has 1 amide bonds. The van der Waals surface area contributed by atoms with Crippen molar-refractivity contribution in [1.82, 2.24) is 5.32 Å². The summed E-state index contributed by atoms with van der Waals surface area (Å²) in [6.07, 6.45) is 11.2. The molecule has 0 spiro atoms. The molecule has 4 rings (SSSR count). The Morgan fingerprint density at radius 2 is 1.66 bits per heavy atom. The predicted molar refractivity (Wildman–Crippen MR) is 120 cm³/mol. The van der Waals surface area contributed by atoms with Crippen LogP contribution in [0.1, 0.15) is 85.5 Å². The minimum atomic E-state index is -0.413. The minimum absolute atomic E-state index is 0. The van der Waals surface area contributed by atoms with Crippen molar-refractivity contribution in [1.29, 1.82) is 0 Å². The fourth-order valence-corrected chi connectivity index (χ4v) is 8.55. The number of carbonyl (C=O) groups is 1. The number of carbonyl (C=O) groups excluding carboxylic acids is 1. The van der Waals surface area contributed by atoms with Crippen LogP contribution < -0.4 is 11.1 Å². The predicted octanol–water partition coefficient (Wildman–Crippen LogP) is 4.28. The number of amides is 1. The van der Waals surface area contributed by atoms with Gasteiger partial charge in [-0.25, -0.2) is 0 Å². The van der Waals surface area contributed by atoms with Gasteiger partial charge in [0.25, 0.3) is 0 Å². The molecule has 4 fully saturated rings. The number of nitrogens with one attached hydrogen (secondary N) is 1. The van der Waals surface area contributed by atoms with Crippen LogP contribution >= 0.6 is 12.4 Å². The SMILES string of the molecule is C[C@H](N)C(=O)N[C@@H]1CC[C@]2(C)C3CC[C@@]4(C)C(CC[C@@H]4[C@H](C)O)C3CC[C@H]2C1.Cl. The van der Waals surface area contributed by atoms with Gasteiger partial charge in [-0.3, -0.25) is 4.79 Å². The summed E-state index contributed by atoms with van der Waals surface area (Å²) in [5.41, 5.74) is 6.54. The molecule has 3 unspecified atom stereocenters. The molecule has 4 aliphatic rings. The highest BCUT2D eigenvalue weighted by Gasteiger charge is 2.60. The Kier molecular flexibility index (Phi) is 6.69. The molecule has 29 heavy (non-hydrogen) atoms. The highest BCUT2D eigenvalue weighted by molar-refractivity contribution is 5.85. The topological polar surface area (TPSA) is 75.4 Å². The monoisotopic (exact) mass is 426 g/mol. The van der Waals surface area contributed by atoms with Crippen LogP contribution in [0, 0.1) is 40.4 Å². The molecule has 4 nitrogen and oxygen atoms in total. The third-order valence-electron chi connectivity index (χ3n) is 10.1. The fraction of sp³-hybridized carbons (Fsp3) is 0.958. The first-order valence-electron chi connectivity index (χ1n) is 11.9. The van der Waals surface area contributed by atoms with E-state index in [1.54, 1.807) is 6.92 Å². The molecule has 0 radical (unpaired) electrons. The molecule has 0 aromatic rings. The van der Waals surface area contributed by atoms with Crippen molar-refractivity contribution in [2.24, 2.45) is 46.2 Å². The van der Waals surface area contributed by atoms with Gasteiger partial charge in [-0.15, -0.1) is 12.4 Å². The van der Waals surface area contributed by atoms with Crippen LogP contribution in [0.5, 0.6) is 0 Å². The minimum Gasteiger partial charge on any atom is -0.393 e. The standard InChI is InChI=1S/C24H42N2O2.ClH/c1-14(25)22(28)26-17-9-11-23(3)16(13-17)5-6-18-20-8-7-19(15(2)27)24(20,4)12-10-21(18)23;/h14-21,27H,5-13,25H2,1-4H3,(H,26,28);1H/t14-,15-,16-,17+,18?,19+,20?,21?,23-,24+;/m0./s1. The molecule has 4 N–H and O–H groups in total. The van der Waals surface area contributed by atoms with Gasteiger partial charge in [0, 0.05) is 6.04 Å². The van der Waals surface area contributed by atoms with Gasteiger partial charge < -0.3 is 16.2 Å². The highest BCUT2D eigenvalue weighted by atomic mass is 35.5. The summed E-state index contributed by atoms with van der Waals surface area (Å²) in [6.45, 7) is 8.85. The first kappa shape index (κ1) is 23.3. The van der Waals surface area contributed by atoms with Crippen molar-refractivity contribution < 1.29 is 9.90 Å². The zero-order valence-corrected chi connectivity index (χ0v) is 19.6. The second-order valence-electron chi connectivity index (χ2n) is 11.4. The summed E-state index contributed by atoms with van der Waals surface area (Å²) in [7, 11) is 0. The summed E-state index contributed by atoms with van der Waals surface area (Å²) in [6, 6.07) is -0.0997. The van der Waals surface area contributed by atoms with Crippen LogP contribution in [0.3, 0.4) is 0 Å². The van der Waals surface area contributed by atoms with E-state index in [1.807, 2.05) is 6.92 Å². The average molecular weight is 427 g/mol. The molecule has 0 aromatic carbocycles. The Balaban J connectivity index is 0.00000240. The Hall–Kier alpha value is -0.320. The van der Waals surface area contributed by atoms with Gasteiger partial charge in [-0.05, 0) is 112 Å². The van der Waals surface area contributed by atoms with Crippen molar-refractivity contribution >= 4 is 18.3 Å². The van der Waals surface area contributed by atoms with E-state index in [0.29, 0.717) is 22.8 Å². The van der Waals surface area contributed by atoms with E-state index in [0.717, 1.165) is 36.5 Å². The average Bonchev–Trinajstić information content (AvgIpc) is 2.99. The van der Waals surface area contributed by atoms with E-state index in [1.165, 1.54) is 44.9 Å². The molecule has 10 atom stereocenters. The van der Waals surface area contributed by atoms with Gasteiger partial charge in [0.15, 0.2) is 0 Å². The molecular weight excluding hydrogens is 384 g/mol. The van der Waals surface area contributed by atoms with Gasteiger partial charge in [-0.1, -0.05) is 13.8 Å². The van der Waals surface area contributed by atoms with E-state index in [-0.39, 0.29) is 24.4 Å². The number of nitrogens with two attached hydrogens (primary N) is 1. The van der Waals surface area contributed by atoms with Crippen LogP contribution in [0.4, 0.5) is 0 Å². The second-order valence-corrected chi connectivity index (χ2v) is 11.4. The number of fused-ring (bicyclic) bond motifs is 5. The Morgan fingerprint density at radius 1 is 1.00 bits per heavy atom. The maximum absolute atomic E-state index is 12.1. The maximum Gasteiger partial charge on any atom is 0.236 e. The van der Waals surface area contributed by atoms with Crippen molar-refractivity contribution in [2.75, 3.05) is 0 Å². The summed E-state index contributed by atoms with van der Waals surface area (Å²) < 4.78 is 0. The van der Waals surface area contributed by atoms with Crippen LogP contribution in [0.2, 0.25) is 0 Å². The Labute approximate surface area is 183 Å². The van der Waals surface area contributed by atoms with E-state index in [2.05, 4.69) is 19.2 Å². The van der Waals surface area contributed by atoms with Gasteiger partial charge in [0.2, 0.25) is 5.91 Å². The number of aliphatic hydroxyl groups is 1. The molecule has 0 heterocycles. The van der Waals surface area contributed by atoms with Crippen LogP contribution in [-0.4, -0.2) is 29.2 Å². The number of hydrogen-bond acceptors (Lipinski definition) is 3. The summed E-state index contributed by atoms with van der Waals surface area (Å²) in [4.78, 5) is 12.1. The van der Waals surface area contributed by atoms with Gasteiger partial charge in [-0.2, -0.15) is 0 Å². The highest BCUT2D eigenvalue weighted by Crippen LogP contribution is 2.67. The molecule has 5 heteroatoms. The molecular formula is C24H43ClN2O2. The zero-order valence-electron chi connectivity index (χ0n) is 18.8. The zero-order chi connectivity index (χ0) is 20.3. The first-order chi connectivity index (χ1) is 13.2. The van der Waals surface area contributed by atoms with Gasteiger partial charge in [0.05, 0.1) is 12.1 Å². The quantitative estimate of drug-likeness (QED) is 0.630. The lowest BCUT2D eigenvalue weighted by Gasteiger charge is -2.61. The normalized spacial score (nSPS) is 48.3. The Morgan fingerprint density at radius 3 is 2.31 bits per heavy atom. The van der Waals surface area contributed by atoms with Crippen molar-refractivity contribution in [3.63, 3.8) is 0 Å². The molecule has 168 valence electrons. The number of halogens is 1. The lowest BCUT2D eigenvalue weighted by Crippen LogP contribution is -2.56. The third-order valence-corrected chi connectivity index (χ3v) is 10.1. The molecule has 4 aliphatic carbocycles. The van der Waals surface area contributed by atoms with Crippen LogP contribution in [0.25, 0.3) is 0 Å². The molecule has 0 aliphatic heterocycles. The molecule has 0 saturated heterocycles. The number of hydrogen-bond donors (Lipinski definition) is 3. The fourth-order valence-electron chi connectivity index (χ4n) is 8.55. The largest absolute Gasteiger partial charge is 0.393 e. The molecule has 0 bridgehead atoms. The van der Waals surface area contributed by atoms with E-state index in [9.17, 15) is 9.90 Å². The first-order valence-corrected chi connectivity index (χ1v) is 11.9. The smallest absolute Gasteiger partial charge is 0.236 e. The van der Waals surface area contributed by atoms with Gasteiger partial charge >= 0.3 is 0 Å². The summed E-state index contributed by atoms with van der Waals surface area (Å²) in [5, 5.41) is 13.6. The van der Waals surface area contributed by atoms with Crippen LogP contribution in [0.15, 0.2) is 0 Å². The van der Waals surface area contributed by atoms with Crippen LogP contribution in [-0.2, 0) is 4.79 Å². The van der Waals surface area contributed by atoms with Crippen molar-refractivity contribution in [2.45, 2.75) is 104 Å². The van der Waals surface area contributed by atoms with Crippen molar-refractivity contribution in [3.05, 3.63) is 0 Å². The van der Waals surface area contributed by atoms with E-state index in [4.69, 9.17) is 5.73 Å². The lowest BCUT2D eigenvalue weighted by atomic mass is 9.44. The molecule has 0 aromatic heterocycles. The third kappa shape index (κ3) is 3.76. The van der Waals surface area contributed by atoms with E-state index < -0.39 is 6.04 Å². The lowest BCUT2D eigenvalue weighted by molar-refractivity contribution is -0.130. The Bertz CT molecular complexity index is 612.